The number of hydrogen-bond acceptors (Lipinski definition) is 5. The molecule has 0 saturated carbocycles. The molecular weight excluding hydrogens is 863 g/mol. The van der Waals surface area contributed by atoms with E-state index < -0.39 is 12.1 Å². The van der Waals surface area contributed by atoms with Crippen molar-refractivity contribution in [1.29, 1.82) is 0 Å². The number of hydrogen-bond donors (Lipinski definition) is 3. The van der Waals surface area contributed by atoms with E-state index >= 15 is 0 Å². The first-order valence-electron chi connectivity index (χ1n) is 30.9. The molecule has 0 aliphatic heterocycles. The summed E-state index contributed by atoms with van der Waals surface area (Å²) in [5.74, 6) is -0.0858. The summed E-state index contributed by atoms with van der Waals surface area (Å²) < 4.78 is 5.48. The lowest BCUT2D eigenvalue weighted by Crippen LogP contribution is -2.45. The van der Waals surface area contributed by atoms with Crippen LogP contribution in [0.5, 0.6) is 0 Å². The predicted molar refractivity (Wildman–Crippen MR) is 306 cm³/mol. The number of aliphatic hydroxyl groups is 2. The first kappa shape index (κ1) is 67.8. The van der Waals surface area contributed by atoms with Crippen molar-refractivity contribution in [2.24, 2.45) is 0 Å². The molecule has 0 radical (unpaired) electrons. The van der Waals surface area contributed by atoms with Gasteiger partial charge in [-0.15, -0.1) is 0 Å². The van der Waals surface area contributed by atoms with Crippen LogP contribution in [-0.2, 0) is 14.3 Å². The molecule has 0 aromatic heterocycles. The third-order valence-corrected chi connectivity index (χ3v) is 14.1. The van der Waals surface area contributed by atoms with Gasteiger partial charge >= 0.3 is 5.97 Å². The molecule has 0 fully saturated rings. The summed E-state index contributed by atoms with van der Waals surface area (Å²) in [5, 5.41) is 23.1. The Morgan fingerprint density at radius 1 is 0.400 bits per heavy atom. The molecule has 3 N–H and O–H groups in total. The molecule has 2 atom stereocenters. The molecule has 0 aromatic carbocycles. The van der Waals surface area contributed by atoms with E-state index in [0.717, 1.165) is 64.2 Å². The Morgan fingerprint density at radius 3 is 1.13 bits per heavy atom. The average molecular weight is 983 g/mol. The largest absolute Gasteiger partial charge is 0.466 e. The van der Waals surface area contributed by atoms with Gasteiger partial charge in [-0.2, -0.15) is 0 Å². The summed E-state index contributed by atoms with van der Waals surface area (Å²) in [6.45, 7) is 4.87. The molecule has 6 heteroatoms. The molecule has 2 unspecified atom stereocenters. The van der Waals surface area contributed by atoms with Crippen molar-refractivity contribution in [3.8, 4) is 0 Å². The van der Waals surface area contributed by atoms with Crippen LogP contribution in [0.4, 0.5) is 0 Å². The highest BCUT2D eigenvalue weighted by Crippen LogP contribution is 2.16. The molecule has 0 aromatic rings. The number of allylic oxidation sites excluding steroid dienone is 7. The molecule has 0 aliphatic rings. The molecule has 0 rings (SSSR count). The minimum atomic E-state index is -0.854. The highest BCUT2D eigenvalue weighted by atomic mass is 16.5. The van der Waals surface area contributed by atoms with Crippen LogP contribution < -0.4 is 5.32 Å². The number of carbonyl (C=O) groups is 2. The van der Waals surface area contributed by atoms with Gasteiger partial charge in [-0.3, -0.25) is 9.59 Å². The maximum Gasteiger partial charge on any atom is 0.305 e. The monoisotopic (exact) mass is 982 g/mol. The molecule has 70 heavy (non-hydrogen) atoms. The zero-order valence-corrected chi connectivity index (χ0v) is 46.7. The quantitative estimate of drug-likeness (QED) is 0.0321. The van der Waals surface area contributed by atoms with Crippen LogP contribution in [0.15, 0.2) is 48.6 Å². The fourth-order valence-corrected chi connectivity index (χ4v) is 9.31. The standard InChI is InChI=1S/C64H119NO5/c1-3-5-7-9-11-13-15-17-19-21-22-26-30-34-38-42-46-50-54-58-64(69)70-59-55-51-47-43-39-35-31-27-23-25-29-33-37-41-45-49-53-57-63(68)65-61(60-66)62(67)56-52-48-44-40-36-32-28-24-20-18-16-14-12-10-8-6-4-2/h11,13,17,19,23,27,52,56,61-62,66-67H,3-10,12,14-16,18,20-22,24-26,28-51,53-55,57-60H2,1-2H3,(H,65,68)/b13-11-,19-17-,27-23-,56-52+. The van der Waals surface area contributed by atoms with Gasteiger partial charge in [0.05, 0.1) is 25.4 Å². The number of esters is 1. The number of aliphatic hydroxyl groups excluding tert-OH is 2. The van der Waals surface area contributed by atoms with Gasteiger partial charge in [0, 0.05) is 12.8 Å². The lowest BCUT2D eigenvalue weighted by atomic mass is 10.0. The Hall–Kier alpha value is -2.18. The number of nitrogens with one attached hydrogen (secondary N) is 1. The first-order valence-corrected chi connectivity index (χ1v) is 30.9. The van der Waals surface area contributed by atoms with Crippen LogP contribution in [0.3, 0.4) is 0 Å². The highest BCUT2D eigenvalue weighted by molar-refractivity contribution is 5.76. The second-order valence-corrected chi connectivity index (χ2v) is 21.0. The van der Waals surface area contributed by atoms with E-state index in [4.69, 9.17) is 4.74 Å². The van der Waals surface area contributed by atoms with Crippen molar-refractivity contribution in [2.75, 3.05) is 13.2 Å². The van der Waals surface area contributed by atoms with Gasteiger partial charge in [-0.05, 0) is 89.9 Å². The van der Waals surface area contributed by atoms with E-state index in [9.17, 15) is 19.8 Å². The topological polar surface area (TPSA) is 95.9 Å². The molecule has 410 valence electrons. The van der Waals surface area contributed by atoms with Gasteiger partial charge in [-0.25, -0.2) is 0 Å². The van der Waals surface area contributed by atoms with Crippen LogP contribution in [0.25, 0.3) is 0 Å². The Labute approximate surface area is 436 Å². The highest BCUT2D eigenvalue weighted by Gasteiger charge is 2.18. The van der Waals surface area contributed by atoms with Crippen LogP contribution in [0, 0.1) is 0 Å². The Morgan fingerprint density at radius 2 is 0.714 bits per heavy atom. The molecule has 0 saturated heterocycles. The lowest BCUT2D eigenvalue weighted by Gasteiger charge is -2.20. The van der Waals surface area contributed by atoms with Gasteiger partial charge in [0.25, 0.3) is 0 Å². The van der Waals surface area contributed by atoms with Gasteiger partial charge in [0.2, 0.25) is 5.91 Å². The van der Waals surface area contributed by atoms with Gasteiger partial charge < -0.3 is 20.3 Å². The van der Waals surface area contributed by atoms with Crippen molar-refractivity contribution in [3.63, 3.8) is 0 Å². The van der Waals surface area contributed by atoms with E-state index in [1.807, 2.05) is 6.08 Å². The fourth-order valence-electron chi connectivity index (χ4n) is 9.31. The zero-order valence-electron chi connectivity index (χ0n) is 46.7. The number of unbranched alkanes of at least 4 members (excludes halogenated alkanes) is 40. The summed E-state index contributed by atoms with van der Waals surface area (Å²) >= 11 is 0. The average Bonchev–Trinajstić information content (AvgIpc) is 3.36. The van der Waals surface area contributed by atoms with Crippen molar-refractivity contribution in [3.05, 3.63) is 48.6 Å². The van der Waals surface area contributed by atoms with Gasteiger partial charge in [-0.1, -0.05) is 268 Å². The maximum absolute atomic E-state index is 12.5. The predicted octanol–water partition coefficient (Wildman–Crippen LogP) is 19.4. The third-order valence-electron chi connectivity index (χ3n) is 14.1. The molecular formula is C64H119NO5. The normalized spacial score (nSPS) is 12.9. The lowest BCUT2D eigenvalue weighted by molar-refractivity contribution is -0.143. The van der Waals surface area contributed by atoms with Gasteiger partial charge in [0.15, 0.2) is 0 Å². The van der Waals surface area contributed by atoms with Crippen LogP contribution >= 0.6 is 0 Å². The number of ether oxygens (including phenoxy) is 1. The summed E-state index contributed by atoms with van der Waals surface area (Å²) in [7, 11) is 0. The number of amides is 1. The van der Waals surface area contributed by atoms with Crippen molar-refractivity contribution < 1.29 is 24.5 Å². The second kappa shape index (κ2) is 59.4. The zero-order chi connectivity index (χ0) is 50.7. The fraction of sp³-hybridized carbons (Fsp3) is 0.844. The second-order valence-electron chi connectivity index (χ2n) is 21.0. The summed E-state index contributed by atoms with van der Waals surface area (Å²) in [4.78, 5) is 24.6. The van der Waals surface area contributed by atoms with Crippen LogP contribution in [0.1, 0.15) is 322 Å². The molecule has 0 heterocycles. The molecule has 1 amide bonds. The Bertz CT molecular complexity index is 1180. The minimum Gasteiger partial charge on any atom is -0.466 e. The first-order chi connectivity index (χ1) is 34.5. The van der Waals surface area contributed by atoms with Crippen molar-refractivity contribution >= 4 is 11.9 Å². The van der Waals surface area contributed by atoms with E-state index in [2.05, 4.69) is 55.6 Å². The van der Waals surface area contributed by atoms with Crippen LogP contribution in [-0.4, -0.2) is 47.4 Å². The number of carbonyl (C=O) groups excluding carboxylic acids is 2. The summed E-state index contributed by atoms with van der Waals surface area (Å²) in [6.07, 6.45) is 75.7. The summed E-state index contributed by atoms with van der Waals surface area (Å²) in [6, 6.07) is -0.638. The van der Waals surface area contributed by atoms with Crippen LogP contribution in [0.2, 0.25) is 0 Å². The smallest absolute Gasteiger partial charge is 0.305 e. The van der Waals surface area contributed by atoms with E-state index in [0.29, 0.717) is 19.4 Å². The van der Waals surface area contributed by atoms with E-state index in [1.54, 1.807) is 6.08 Å². The van der Waals surface area contributed by atoms with Crippen molar-refractivity contribution in [2.45, 2.75) is 334 Å². The Balaban J connectivity index is 3.47. The molecule has 0 spiro atoms. The SMILES string of the molecule is CCCCC/C=C\C/C=C\CCCCCCCCCCCC(=O)OCCCCCCCC/C=C\CCCCCCCCCC(=O)NC(CO)C(O)/C=C/CCCCCCCCCCCCCCCCC. The maximum atomic E-state index is 12.5. The number of rotatable bonds is 57. The van der Waals surface area contributed by atoms with E-state index in [-0.39, 0.29) is 18.5 Å². The molecule has 0 bridgehead atoms. The Kier molecular flexibility index (Phi) is 57.5. The molecule has 6 nitrogen and oxygen atoms in total. The van der Waals surface area contributed by atoms with E-state index in [1.165, 1.54) is 231 Å². The van der Waals surface area contributed by atoms with Gasteiger partial charge in [0.1, 0.15) is 0 Å². The molecule has 0 aliphatic carbocycles. The summed E-state index contributed by atoms with van der Waals surface area (Å²) in [5.41, 5.74) is 0. The minimum absolute atomic E-state index is 0.00667. The van der Waals surface area contributed by atoms with Crippen molar-refractivity contribution in [1.82, 2.24) is 5.32 Å². The third kappa shape index (κ3) is 55.1.